The van der Waals surface area contributed by atoms with Crippen molar-refractivity contribution >= 4 is 32.7 Å². The highest BCUT2D eigenvalue weighted by Gasteiger charge is 2.20. The van der Waals surface area contributed by atoms with Gasteiger partial charge in [-0.1, -0.05) is 97.1 Å². The zero-order valence-corrected chi connectivity index (χ0v) is 19.3. The van der Waals surface area contributed by atoms with E-state index < -0.39 is 0 Å². The van der Waals surface area contributed by atoms with E-state index in [2.05, 4.69) is 143 Å². The van der Waals surface area contributed by atoms with E-state index in [4.69, 9.17) is 0 Å². The Balaban J connectivity index is 1.64. The van der Waals surface area contributed by atoms with Crippen molar-refractivity contribution in [2.24, 2.45) is 0 Å². The van der Waals surface area contributed by atoms with Crippen LogP contribution in [0.4, 0.5) is 0 Å². The highest BCUT2D eigenvalue weighted by Crippen LogP contribution is 2.42. The summed E-state index contributed by atoms with van der Waals surface area (Å²) in [6.45, 7) is 0.849. The molecule has 2 heterocycles. The third kappa shape index (κ3) is 3.18. The molecule has 2 heteroatoms. The molecule has 0 radical (unpaired) electrons. The Labute approximate surface area is 204 Å². The molecule has 5 aromatic carbocycles. The second-order valence-corrected chi connectivity index (χ2v) is 9.06. The Bertz CT molecular complexity index is 1790. The van der Waals surface area contributed by atoms with Crippen LogP contribution in [0, 0.1) is 0 Å². The summed E-state index contributed by atoms with van der Waals surface area (Å²) >= 11 is 0. The van der Waals surface area contributed by atoms with Gasteiger partial charge in [0.15, 0.2) is 0 Å². The molecule has 0 saturated heterocycles. The maximum atomic E-state index is 2.43. The van der Waals surface area contributed by atoms with Gasteiger partial charge in [-0.15, -0.1) is 0 Å². The molecule has 0 fully saturated rings. The van der Waals surface area contributed by atoms with E-state index in [0.29, 0.717) is 0 Å². The summed E-state index contributed by atoms with van der Waals surface area (Å²) in [5.41, 5.74) is 8.71. The van der Waals surface area contributed by atoms with Crippen molar-refractivity contribution in [2.75, 3.05) is 0 Å². The van der Waals surface area contributed by atoms with E-state index in [1.54, 1.807) is 0 Å². The molecule has 2 aromatic heterocycles. The van der Waals surface area contributed by atoms with E-state index in [1.165, 1.54) is 55.1 Å². The summed E-state index contributed by atoms with van der Waals surface area (Å²) in [6.07, 6.45) is 2.24. The number of fused-ring (bicyclic) bond motifs is 5. The Morgan fingerprint density at radius 1 is 0.543 bits per heavy atom. The van der Waals surface area contributed by atoms with E-state index >= 15 is 0 Å². The van der Waals surface area contributed by atoms with Gasteiger partial charge in [-0.05, 0) is 41.5 Å². The van der Waals surface area contributed by atoms with E-state index in [0.717, 1.165) is 6.54 Å². The lowest BCUT2D eigenvalue weighted by molar-refractivity contribution is 0.837. The molecule has 0 N–H and O–H groups in total. The van der Waals surface area contributed by atoms with Crippen LogP contribution in [0.2, 0.25) is 0 Å². The van der Waals surface area contributed by atoms with E-state index in [1.807, 2.05) is 0 Å². The average molecular weight is 449 g/mol. The van der Waals surface area contributed by atoms with Crippen molar-refractivity contribution in [3.8, 4) is 16.8 Å². The molecule has 0 bridgehead atoms. The lowest BCUT2D eigenvalue weighted by atomic mass is 9.99. The van der Waals surface area contributed by atoms with Crippen molar-refractivity contribution in [2.45, 2.75) is 6.54 Å². The normalized spacial score (nSPS) is 11.5. The molecule has 7 aromatic rings. The van der Waals surface area contributed by atoms with Gasteiger partial charge >= 0.3 is 0 Å². The van der Waals surface area contributed by atoms with Crippen molar-refractivity contribution in [3.05, 3.63) is 139 Å². The van der Waals surface area contributed by atoms with Gasteiger partial charge in [0.25, 0.3) is 0 Å². The van der Waals surface area contributed by atoms with Gasteiger partial charge in [0.2, 0.25) is 0 Å². The summed E-state index contributed by atoms with van der Waals surface area (Å²) in [6, 6.07) is 45.7. The third-order valence-corrected chi connectivity index (χ3v) is 6.98. The van der Waals surface area contributed by atoms with Gasteiger partial charge in [-0.3, -0.25) is 0 Å². The first-order valence-electron chi connectivity index (χ1n) is 12.1. The highest BCUT2D eigenvalue weighted by molar-refractivity contribution is 6.24. The molecule has 2 nitrogen and oxygen atoms in total. The monoisotopic (exact) mass is 448 g/mol. The second kappa shape index (κ2) is 8.03. The predicted octanol–water partition coefficient (Wildman–Crippen LogP) is 8.45. The number of hydrogen-bond acceptors (Lipinski definition) is 0. The summed E-state index contributed by atoms with van der Waals surface area (Å²) in [4.78, 5) is 0. The SMILES string of the molecule is c1ccc(Cn2ccc3c4c5ccccc5n(-c5ccccc5)c4c(-c4ccccc4)cc32)cc1. The number of aromatic nitrogens is 2. The van der Waals surface area contributed by atoms with Crippen LogP contribution >= 0.6 is 0 Å². The fraction of sp³-hybridized carbons (Fsp3) is 0.0303. The molecule has 0 amide bonds. The smallest absolute Gasteiger partial charge is 0.0627 e. The van der Waals surface area contributed by atoms with Crippen LogP contribution in [-0.4, -0.2) is 9.13 Å². The van der Waals surface area contributed by atoms with Gasteiger partial charge in [0, 0.05) is 45.7 Å². The minimum Gasteiger partial charge on any atom is -0.343 e. The van der Waals surface area contributed by atoms with Gasteiger partial charge in [-0.2, -0.15) is 0 Å². The molecular formula is C33H24N2. The van der Waals surface area contributed by atoms with Crippen LogP contribution in [0.25, 0.3) is 49.5 Å². The molecule has 0 atom stereocenters. The Morgan fingerprint density at radius 2 is 1.17 bits per heavy atom. The van der Waals surface area contributed by atoms with Crippen molar-refractivity contribution in [1.82, 2.24) is 9.13 Å². The van der Waals surface area contributed by atoms with Crippen LogP contribution in [0.1, 0.15) is 5.56 Å². The molecule has 0 aliphatic carbocycles. The van der Waals surface area contributed by atoms with E-state index in [9.17, 15) is 0 Å². The van der Waals surface area contributed by atoms with Crippen LogP contribution in [-0.2, 0) is 6.54 Å². The molecule has 166 valence electrons. The number of benzene rings is 5. The zero-order chi connectivity index (χ0) is 23.2. The standard InChI is InChI=1S/C33H24N2/c1-4-12-24(13-5-1)23-34-21-20-28-31(34)22-29(25-14-6-2-7-15-25)33-32(28)27-18-10-11-19-30(27)35(33)26-16-8-3-9-17-26/h1-22H,23H2. The first-order valence-corrected chi connectivity index (χ1v) is 12.1. The largest absolute Gasteiger partial charge is 0.343 e. The number of rotatable bonds is 4. The van der Waals surface area contributed by atoms with Crippen LogP contribution in [0.3, 0.4) is 0 Å². The van der Waals surface area contributed by atoms with Gasteiger partial charge in [-0.25, -0.2) is 0 Å². The molecule has 0 unspecified atom stereocenters. The Morgan fingerprint density at radius 3 is 1.94 bits per heavy atom. The average Bonchev–Trinajstić information content (AvgIpc) is 3.48. The molecule has 0 saturated carbocycles. The first kappa shape index (κ1) is 19.9. The first-order chi connectivity index (χ1) is 17.4. The fourth-order valence-corrected chi connectivity index (χ4v) is 5.43. The highest BCUT2D eigenvalue weighted by atomic mass is 15.0. The lowest BCUT2D eigenvalue weighted by Gasteiger charge is -2.14. The molecule has 35 heavy (non-hydrogen) atoms. The summed E-state index contributed by atoms with van der Waals surface area (Å²) in [5.74, 6) is 0. The zero-order valence-electron chi connectivity index (χ0n) is 19.3. The van der Waals surface area contributed by atoms with Crippen LogP contribution < -0.4 is 0 Å². The maximum absolute atomic E-state index is 2.43. The quantitative estimate of drug-likeness (QED) is 0.256. The third-order valence-electron chi connectivity index (χ3n) is 6.98. The number of para-hydroxylation sites is 2. The molecule has 7 rings (SSSR count). The summed E-state index contributed by atoms with van der Waals surface area (Å²) < 4.78 is 4.81. The molecule has 0 aliphatic rings. The van der Waals surface area contributed by atoms with Crippen molar-refractivity contribution < 1.29 is 0 Å². The Hall–Kier alpha value is -4.56. The van der Waals surface area contributed by atoms with Gasteiger partial charge in [0.05, 0.1) is 11.0 Å². The number of hydrogen-bond donors (Lipinski definition) is 0. The van der Waals surface area contributed by atoms with Crippen molar-refractivity contribution in [3.63, 3.8) is 0 Å². The fourth-order valence-electron chi connectivity index (χ4n) is 5.43. The topological polar surface area (TPSA) is 9.86 Å². The molecule has 0 spiro atoms. The van der Waals surface area contributed by atoms with Crippen LogP contribution in [0.5, 0.6) is 0 Å². The predicted molar refractivity (Wildman–Crippen MR) is 147 cm³/mol. The summed E-state index contributed by atoms with van der Waals surface area (Å²) in [5, 5.41) is 3.89. The maximum Gasteiger partial charge on any atom is 0.0627 e. The molecule has 0 aliphatic heterocycles. The lowest BCUT2D eigenvalue weighted by Crippen LogP contribution is -1.99. The minimum absolute atomic E-state index is 0.849. The van der Waals surface area contributed by atoms with Crippen molar-refractivity contribution in [1.29, 1.82) is 0 Å². The van der Waals surface area contributed by atoms with E-state index in [-0.39, 0.29) is 0 Å². The summed E-state index contributed by atoms with van der Waals surface area (Å²) in [7, 11) is 0. The van der Waals surface area contributed by atoms with Gasteiger partial charge in [0.1, 0.15) is 0 Å². The number of nitrogens with zero attached hydrogens (tertiary/aromatic N) is 2. The minimum atomic E-state index is 0.849. The van der Waals surface area contributed by atoms with Crippen LogP contribution in [0.15, 0.2) is 134 Å². The van der Waals surface area contributed by atoms with Gasteiger partial charge < -0.3 is 9.13 Å². The Kier molecular flexibility index (Phi) is 4.56. The second-order valence-electron chi connectivity index (χ2n) is 9.06. The molecular weight excluding hydrogens is 424 g/mol.